The Morgan fingerprint density at radius 2 is 2.04 bits per heavy atom. The molecule has 8 heteroatoms. The maximum absolute atomic E-state index is 12.6. The SMILES string of the molecule is CCC[C@@H](C)NC(=O)CSc1ccc(S(=O)(=O)N2CCCCC2)cn1. The average molecular weight is 386 g/mol. The standard InChI is InChI=1S/C17H27N3O3S2/c1-3-7-14(2)19-16(21)13-24-17-9-8-15(12-18-17)25(22,23)20-10-5-4-6-11-20/h8-9,12,14H,3-7,10-11,13H2,1-2H3,(H,19,21)/t14-/m1/s1. The number of hydrogen-bond donors (Lipinski definition) is 1. The molecule has 0 unspecified atom stereocenters. The number of thioether (sulfide) groups is 1. The summed E-state index contributed by atoms with van der Waals surface area (Å²) < 4.78 is 26.7. The van der Waals surface area contributed by atoms with E-state index in [9.17, 15) is 13.2 Å². The molecule has 2 heterocycles. The largest absolute Gasteiger partial charge is 0.353 e. The second-order valence-corrected chi connectivity index (χ2v) is 9.28. The number of nitrogens with zero attached hydrogens (tertiary/aromatic N) is 2. The highest BCUT2D eigenvalue weighted by molar-refractivity contribution is 7.99. The van der Waals surface area contributed by atoms with Crippen LogP contribution in [-0.2, 0) is 14.8 Å². The minimum Gasteiger partial charge on any atom is -0.353 e. The molecule has 0 saturated carbocycles. The second-order valence-electron chi connectivity index (χ2n) is 6.34. The minimum atomic E-state index is -3.45. The lowest BCUT2D eigenvalue weighted by Gasteiger charge is -2.25. The zero-order chi connectivity index (χ0) is 18.3. The summed E-state index contributed by atoms with van der Waals surface area (Å²) in [7, 11) is -3.45. The van der Waals surface area contributed by atoms with Crippen molar-refractivity contribution in [1.29, 1.82) is 0 Å². The predicted octanol–water partition coefficient (Wildman–Crippen LogP) is 2.65. The van der Waals surface area contributed by atoms with E-state index in [4.69, 9.17) is 0 Å². The fourth-order valence-corrected chi connectivity index (χ4v) is 4.94. The van der Waals surface area contributed by atoms with Crippen LogP contribution in [0.2, 0.25) is 0 Å². The summed E-state index contributed by atoms with van der Waals surface area (Å²) in [5.41, 5.74) is 0. The molecular weight excluding hydrogens is 358 g/mol. The van der Waals surface area contributed by atoms with Gasteiger partial charge in [0.15, 0.2) is 0 Å². The van der Waals surface area contributed by atoms with E-state index in [1.165, 1.54) is 22.3 Å². The van der Waals surface area contributed by atoms with Crippen LogP contribution >= 0.6 is 11.8 Å². The van der Waals surface area contributed by atoms with E-state index in [1.54, 1.807) is 12.1 Å². The molecule has 0 aliphatic carbocycles. The lowest BCUT2D eigenvalue weighted by Crippen LogP contribution is -2.35. The number of rotatable bonds is 8. The van der Waals surface area contributed by atoms with Crippen molar-refractivity contribution in [2.24, 2.45) is 0 Å². The van der Waals surface area contributed by atoms with Crippen LogP contribution in [0.5, 0.6) is 0 Å². The number of pyridine rings is 1. The summed E-state index contributed by atoms with van der Waals surface area (Å²) in [6.07, 6.45) is 6.28. The number of sulfonamides is 1. The van der Waals surface area contributed by atoms with Crippen LogP contribution in [0.1, 0.15) is 46.0 Å². The van der Waals surface area contributed by atoms with Crippen molar-refractivity contribution in [3.8, 4) is 0 Å². The van der Waals surface area contributed by atoms with Gasteiger partial charge in [-0.05, 0) is 38.3 Å². The normalized spacial score (nSPS) is 17.2. The molecule has 1 saturated heterocycles. The number of hydrogen-bond acceptors (Lipinski definition) is 5. The summed E-state index contributed by atoms with van der Waals surface area (Å²) in [6.45, 7) is 5.23. The van der Waals surface area contributed by atoms with Crippen molar-refractivity contribution < 1.29 is 13.2 Å². The Balaban J connectivity index is 1.90. The van der Waals surface area contributed by atoms with E-state index in [0.29, 0.717) is 18.1 Å². The van der Waals surface area contributed by atoms with Gasteiger partial charge >= 0.3 is 0 Å². The molecular formula is C17H27N3O3S2. The van der Waals surface area contributed by atoms with E-state index >= 15 is 0 Å². The second kappa shape index (κ2) is 9.54. The Labute approximate surface area is 154 Å². The molecule has 0 spiro atoms. The smallest absolute Gasteiger partial charge is 0.244 e. The predicted molar refractivity (Wildman–Crippen MR) is 100 cm³/mol. The zero-order valence-electron chi connectivity index (χ0n) is 14.9. The molecule has 1 amide bonds. The molecule has 1 aliphatic heterocycles. The average Bonchev–Trinajstić information content (AvgIpc) is 2.61. The third kappa shape index (κ3) is 5.97. The maximum atomic E-state index is 12.6. The molecule has 6 nitrogen and oxygen atoms in total. The summed E-state index contributed by atoms with van der Waals surface area (Å²) >= 11 is 1.31. The van der Waals surface area contributed by atoms with Crippen molar-refractivity contribution in [3.63, 3.8) is 0 Å². The summed E-state index contributed by atoms with van der Waals surface area (Å²) in [4.78, 5) is 16.3. The van der Waals surface area contributed by atoms with Crippen LogP contribution in [-0.4, -0.2) is 48.5 Å². The van der Waals surface area contributed by atoms with Gasteiger partial charge in [0.2, 0.25) is 15.9 Å². The van der Waals surface area contributed by atoms with Gasteiger partial charge < -0.3 is 5.32 Å². The number of amides is 1. The Morgan fingerprint density at radius 1 is 1.32 bits per heavy atom. The van der Waals surface area contributed by atoms with E-state index in [2.05, 4.69) is 17.2 Å². The molecule has 1 N–H and O–H groups in total. The van der Waals surface area contributed by atoms with E-state index in [0.717, 1.165) is 32.1 Å². The van der Waals surface area contributed by atoms with Gasteiger partial charge in [-0.15, -0.1) is 0 Å². The topological polar surface area (TPSA) is 79.4 Å². The maximum Gasteiger partial charge on any atom is 0.244 e. The zero-order valence-corrected chi connectivity index (χ0v) is 16.5. The fraction of sp³-hybridized carbons (Fsp3) is 0.647. The van der Waals surface area contributed by atoms with E-state index < -0.39 is 10.0 Å². The Morgan fingerprint density at radius 3 is 2.64 bits per heavy atom. The molecule has 0 radical (unpaired) electrons. The number of nitrogens with one attached hydrogen (secondary N) is 1. The highest BCUT2D eigenvalue weighted by Crippen LogP contribution is 2.22. The molecule has 0 bridgehead atoms. The Hall–Kier alpha value is -1.12. The number of carbonyl (C=O) groups excluding carboxylic acids is 1. The summed E-state index contributed by atoms with van der Waals surface area (Å²) in [6, 6.07) is 3.42. The highest BCUT2D eigenvalue weighted by atomic mass is 32.2. The van der Waals surface area contributed by atoms with Crippen LogP contribution in [0, 0.1) is 0 Å². The molecule has 1 aliphatic rings. The Kier molecular flexibility index (Phi) is 7.71. The third-order valence-corrected chi connectivity index (χ3v) is 6.97. The first-order valence-electron chi connectivity index (χ1n) is 8.82. The minimum absolute atomic E-state index is 0.0298. The molecule has 1 fully saturated rings. The van der Waals surface area contributed by atoms with Crippen molar-refractivity contribution in [2.45, 2.75) is 61.9 Å². The third-order valence-electron chi connectivity index (χ3n) is 4.14. The van der Waals surface area contributed by atoms with Gasteiger partial charge in [0.1, 0.15) is 4.90 Å². The molecule has 0 aromatic carbocycles. The molecule has 1 atom stereocenters. The quantitative estimate of drug-likeness (QED) is 0.696. The van der Waals surface area contributed by atoms with Gasteiger partial charge in [-0.2, -0.15) is 4.31 Å². The first-order valence-corrected chi connectivity index (χ1v) is 11.2. The molecule has 1 aromatic heterocycles. The molecule has 25 heavy (non-hydrogen) atoms. The van der Waals surface area contributed by atoms with Crippen LogP contribution in [0.3, 0.4) is 0 Å². The van der Waals surface area contributed by atoms with Gasteiger partial charge in [0.05, 0.1) is 10.8 Å². The van der Waals surface area contributed by atoms with Crippen molar-refractivity contribution >= 4 is 27.7 Å². The van der Waals surface area contributed by atoms with Crippen LogP contribution in [0.15, 0.2) is 28.3 Å². The van der Waals surface area contributed by atoms with Gasteiger partial charge in [0, 0.05) is 25.3 Å². The van der Waals surface area contributed by atoms with E-state index in [1.807, 2.05) is 6.92 Å². The van der Waals surface area contributed by atoms with Crippen molar-refractivity contribution in [2.75, 3.05) is 18.8 Å². The lowest BCUT2D eigenvalue weighted by molar-refractivity contribution is -0.119. The molecule has 140 valence electrons. The molecule has 2 rings (SSSR count). The van der Waals surface area contributed by atoms with Crippen molar-refractivity contribution in [1.82, 2.24) is 14.6 Å². The number of piperidine rings is 1. The first-order chi connectivity index (χ1) is 11.9. The number of aromatic nitrogens is 1. The number of carbonyl (C=O) groups is 1. The van der Waals surface area contributed by atoms with Gasteiger partial charge in [0.25, 0.3) is 0 Å². The van der Waals surface area contributed by atoms with Crippen LogP contribution in [0.4, 0.5) is 0 Å². The lowest BCUT2D eigenvalue weighted by atomic mass is 10.2. The monoisotopic (exact) mass is 385 g/mol. The van der Waals surface area contributed by atoms with Gasteiger partial charge in [-0.1, -0.05) is 31.5 Å². The summed E-state index contributed by atoms with van der Waals surface area (Å²) in [5, 5.41) is 3.59. The fourth-order valence-electron chi connectivity index (χ4n) is 2.82. The Bertz CT molecular complexity index is 656. The molecule has 1 aromatic rings. The summed E-state index contributed by atoms with van der Waals surface area (Å²) in [5.74, 6) is 0.247. The van der Waals surface area contributed by atoms with Crippen LogP contribution in [0.25, 0.3) is 0 Å². The first kappa shape index (κ1) is 20.2. The van der Waals surface area contributed by atoms with Crippen molar-refractivity contribution in [3.05, 3.63) is 18.3 Å². The van der Waals surface area contributed by atoms with E-state index in [-0.39, 0.29) is 22.6 Å². The van der Waals surface area contributed by atoms with Crippen LogP contribution < -0.4 is 5.32 Å². The van der Waals surface area contributed by atoms with Gasteiger partial charge in [-0.3, -0.25) is 4.79 Å². The van der Waals surface area contributed by atoms with Gasteiger partial charge in [-0.25, -0.2) is 13.4 Å². The highest BCUT2D eigenvalue weighted by Gasteiger charge is 2.26.